The minimum absolute atomic E-state index is 0.0700. The van der Waals surface area contributed by atoms with Crippen molar-refractivity contribution in [2.24, 2.45) is 5.92 Å². The maximum atomic E-state index is 12.1. The molecule has 0 radical (unpaired) electrons. The van der Waals surface area contributed by atoms with Crippen molar-refractivity contribution in [2.45, 2.75) is 33.2 Å². The third kappa shape index (κ3) is 4.00. The molecule has 0 fully saturated rings. The third-order valence-corrected chi connectivity index (χ3v) is 3.01. The lowest BCUT2D eigenvalue weighted by atomic mass is 10.0. The number of carbonyl (C=O) groups excluding carboxylic acids is 1. The molecule has 1 heterocycles. The average molecular weight is 255 g/mol. The van der Waals surface area contributed by atoms with Gasteiger partial charge in [-0.1, -0.05) is 13.8 Å². The Labute approximate surface area is 108 Å². The molecule has 94 valence electrons. The summed E-state index contributed by atoms with van der Waals surface area (Å²) in [5.74, 6) is 0.851. The zero-order valence-electron chi connectivity index (χ0n) is 10.5. The number of amides is 1. The summed E-state index contributed by atoms with van der Waals surface area (Å²) in [6.45, 7) is 5.99. The van der Waals surface area contributed by atoms with Gasteiger partial charge in [0.2, 0.25) is 0 Å². The number of alkyl halides is 1. The molecule has 0 aliphatic rings. The molecule has 0 bridgehead atoms. The van der Waals surface area contributed by atoms with E-state index in [1.165, 1.54) is 0 Å². The molecule has 0 aromatic carbocycles. The predicted molar refractivity (Wildman–Crippen MR) is 70.4 cm³/mol. The zero-order valence-corrected chi connectivity index (χ0v) is 11.3. The maximum Gasteiger partial charge on any atom is 0.253 e. The van der Waals surface area contributed by atoms with E-state index in [0.717, 1.165) is 12.1 Å². The van der Waals surface area contributed by atoms with Crippen molar-refractivity contribution in [1.82, 2.24) is 10.3 Å². The molecular formula is C13H19ClN2O. The monoisotopic (exact) mass is 254 g/mol. The van der Waals surface area contributed by atoms with E-state index < -0.39 is 0 Å². The molecule has 1 aromatic rings. The molecule has 0 saturated heterocycles. The Morgan fingerprint density at radius 2 is 2.24 bits per heavy atom. The highest BCUT2D eigenvalue weighted by Gasteiger charge is 2.17. The summed E-state index contributed by atoms with van der Waals surface area (Å²) in [4.78, 5) is 16.2. The van der Waals surface area contributed by atoms with Gasteiger partial charge < -0.3 is 5.32 Å². The van der Waals surface area contributed by atoms with Crippen molar-refractivity contribution >= 4 is 17.5 Å². The lowest BCUT2D eigenvalue weighted by Gasteiger charge is -2.21. The van der Waals surface area contributed by atoms with E-state index in [1.54, 1.807) is 18.3 Å². The van der Waals surface area contributed by atoms with Gasteiger partial charge in [0.25, 0.3) is 5.91 Å². The van der Waals surface area contributed by atoms with Crippen LogP contribution in [0.25, 0.3) is 0 Å². The number of nitrogens with one attached hydrogen (secondary N) is 1. The Balaban J connectivity index is 2.74. The van der Waals surface area contributed by atoms with Gasteiger partial charge in [0.15, 0.2) is 0 Å². The third-order valence-electron chi connectivity index (χ3n) is 2.79. The Morgan fingerprint density at radius 3 is 2.76 bits per heavy atom. The molecule has 4 heteroatoms. The van der Waals surface area contributed by atoms with Gasteiger partial charge in [0.05, 0.1) is 5.56 Å². The van der Waals surface area contributed by atoms with E-state index >= 15 is 0 Å². The largest absolute Gasteiger partial charge is 0.349 e. The minimum Gasteiger partial charge on any atom is -0.349 e. The number of pyridine rings is 1. The predicted octanol–water partition coefficient (Wildman–Crippen LogP) is 2.77. The highest BCUT2D eigenvalue weighted by molar-refractivity contribution is 6.17. The summed E-state index contributed by atoms with van der Waals surface area (Å²) in [7, 11) is 0. The van der Waals surface area contributed by atoms with Crippen LogP contribution in [-0.4, -0.2) is 22.8 Å². The van der Waals surface area contributed by atoms with E-state index in [-0.39, 0.29) is 11.9 Å². The fraction of sp³-hybridized carbons (Fsp3) is 0.538. The highest BCUT2D eigenvalue weighted by atomic mass is 35.5. The van der Waals surface area contributed by atoms with Gasteiger partial charge in [0.1, 0.15) is 0 Å². The molecule has 0 aliphatic carbocycles. The van der Waals surface area contributed by atoms with E-state index in [1.807, 2.05) is 6.92 Å². The van der Waals surface area contributed by atoms with Crippen molar-refractivity contribution in [3.05, 3.63) is 29.6 Å². The molecule has 3 nitrogen and oxygen atoms in total. The van der Waals surface area contributed by atoms with Gasteiger partial charge in [-0.2, -0.15) is 0 Å². The fourth-order valence-electron chi connectivity index (χ4n) is 1.66. The number of aromatic nitrogens is 1. The fourth-order valence-corrected chi connectivity index (χ4v) is 1.90. The Hall–Kier alpha value is -1.09. The first-order chi connectivity index (χ1) is 8.06. The van der Waals surface area contributed by atoms with Crippen molar-refractivity contribution in [2.75, 3.05) is 5.88 Å². The molecule has 1 rings (SSSR count). The number of aryl methyl sites for hydroxylation is 1. The van der Waals surface area contributed by atoms with Crippen LogP contribution in [-0.2, 0) is 0 Å². The van der Waals surface area contributed by atoms with Gasteiger partial charge in [-0.25, -0.2) is 0 Å². The lowest BCUT2D eigenvalue weighted by Crippen LogP contribution is -2.39. The van der Waals surface area contributed by atoms with Crippen LogP contribution in [0, 0.1) is 12.8 Å². The Kier molecular flexibility index (Phi) is 5.42. The molecule has 0 spiro atoms. The Morgan fingerprint density at radius 1 is 1.53 bits per heavy atom. The van der Waals surface area contributed by atoms with Gasteiger partial charge in [-0.15, -0.1) is 11.6 Å². The first kappa shape index (κ1) is 14.0. The van der Waals surface area contributed by atoms with Crippen molar-refractivity contribution in [1.29, 1.82) is 0 Å². The van der Waals surface area contributed by atoms with Crippen molar-refractivity contribution in [3.8, 4) is 0 Å². The number of rotatable bonds is 5. The summed E-state index contributed by atoms with van der Waals surface area (Å²) >= 11 is 5.74. The molecule has 1 unspecified atom stereocenters. The normalized spacial score (nSPS) is 12.5. The zero-order chi connectivity index (χ0) is 12.8. The number of halogens is 1. The maximum absolute atomic E-state index is 12.1. The molecule has 1 amide bonds. The summed E-state index contributed by atoms with van der Waals surface area (Å²) in [5.41, 5.74) is 1.38. The second-order valence-corrected chi connectivity index (χ2v) is 4.82. The molecule has 17 heavy (non-hydrogen) atoms. The SMILES string of the molecule is Cc1ncccc1C(=O)NC(CCCl)C(C)C. The molecule has 0 saturated carbocycles. The van der Waals surface area contributed by atoms with Crippen LogP contribution in [0.5, 0.6) is 0 Å². The van der Waals surface area contributed by atoms with Crippen molar-refractivity contribution < 1.29 is 4.79 Å². The smallest absolute Gasteiger partial charge is 0.253 e. The molecule has 1 N–H and O–H groups in total. The number of nitrogens with zero attached hydrogens (tertiary/aromatic N) is 1. The molecule has 1 atom stereocenters. The first-order valence-electron chi connectivity index (χ1n) is 5.84. The quantitative estimate of drug-likeness (QED) is 0.821. The number of hydrogen-bond acceptors (Lipinski definition) is 2. The van der Waals surface area contributed by atoms with E-state index in [0.29, 0.717) is 17.4 Å². The van der Waals surface area contributed by atoms with Gasteiger partial charge >= 0.3 is 0 Å². The summed E-state index contributed by atoms with van der Waals surface area (Å²) < 4.78 is 0. The second kappa shape index (κ2) is 6.60. The molecule has 1 aromatic heterocycles. The molecule has 0 aliphatic heterocycles. The van der Waals surface area contributed by atoms with Crippen LogP contribution in [0.15, 0.2) is 18.3 Å². The van der Waals surface area contributed by atoms with Crippen LogP contribution in [0.1, 0.15) is 36.3 Å². The van der Waals surface area contributed by atoms with Gasteiger partial charge in [-0.05, 0) is 31.4 Å². The topological polar surface area (TPSA) is 42.0 Å². The lowest BCUT2D eigenvalue weighted by molar-refractivity contribution is 0.0924. The summed E-state index contributed by atoms with van der Waals surface area (Å²) in [5, 5.41) is 3.01. The van der Waals surface area contributed by atoms with Crippen LogP contribution < -0.4 is 5.32 Å². The van der Waals surface area contributed by atoms with E-state index in [9.17, 15) is 4.79 Å². The molecular weight excluding hydrogens is 236 g/mol. The van der Waals surface area contributed by atoms with E-state index in [2.05, 4.69) is 24.1 Å². The Bertz CT molecular complexity index is 379. The summed E-state index contributed by atoms with van der Waals surface area (Å²) in [6, 6.07) is 3.67. The highest BCUT2D eigenvalue weighted by Crippen LogP contribution is 2.10. The van der Waals surface area contributed by atoms with Crippen LogP contribution >= 0.6 is 11.6 Å². The van der Waals surface area contributed by atoms with E-state index in [4.69, 9.17) is 11.6 Å². The first-order valence-corrected chi connectivity index (χ1v) is 6.38. The standard InChI is InChI=1S/C13H19ClN2O/c1-9(2)12(6-7-14)16-13(17)11-5-4-8-15-10(11)3/h4-5,8-9,12H,6-7H2,1-3H3,(H,16,17). The second-order valence-electron chi connectivity index (χ2n) is 4.44. The van der Waals surface area contributed by atoms with Gasteiger partial charge in [-0.3, -0.25) is 9.78 Å². The van der Waals surface area contributed by atoms with Crippen molar-refractivity contribution in [3.63, 3.8) is 0 Å². The minimum atomic E-state index is -0.0700. The number of hydrogen-bond donors (Lipinski definition) is 1. The van der Waals surface area contributed by atoms with Gasteiger partial charge in [0, 0.05) is 23.8 Å². The van der Waals surface area contributed by atoms with Crippen LogP contribution in [0.2, 0.25) is 0 Å². The number of carbonyl (C=O) groups is 1. The van der Waals surface area contributed by atoms with Crippen LogP contribution in [0.4, 0.5) is 0 Å². The summed E-state index contributed by atoms with van der Waals surface area (Å²) in [6.07, 6.45) is 2.47. The average Bonchev–Trinajstić information content (AvgIpc) is 2.28. The van der Waals surface area contributed by atoms with Crippen LogP contribution in [0.3, 0.4) is 0 Å².